The number of aryl methyl sites for hydroxylation is 1. The number of anilines is 1. The lowest BCUT2D eigenvalue weighted by molar-refractivity contribution is -0.121. The molecule has 120 valence electrons. The van der Waals surface area contributed by atoms with Gasteiger partial charge in [0.15, 0.2) is 5.43 Å². The molecular formula is C17H13N3O4. The van der Waals surface area contributed by atoms with Gasteiger partial charge in [-0.25, -0.2) is 4.90 Å². The summed E-state index contributed by atoms with van der Waals surface area (Å²) in [6.07, 6.45) is 2.30. The first-order valence-corrected chi connectivity index (χ1v) is 7.51. The molecule has 2 aliphatic rings. The normalized spacial score (nSPS) is 18.7. The molecule has 0 saturated carbocycles. The van der Waals surface area contributed by atoms with Gasteiger partial charge in [-0.15, -0.1) is 0 Å². The van der Waals surface area contributed by atoms with Gasteiger partial charge in [0.1, 0.15) is 17.3 Å². The average molecular weight is 323 g/mol. The second-order valence-electron chi connectivity index (χ2n) is 5.87. The Labute approximate surface area is 136 Å². The van der Waals surface area contributed by atoms with E-state index in [0.29, 0.717) is 18.5 Å². The van der Waals surface area contributed by atoms with Crippen molar-refractivity contribution in [2.24, 2.45) is 5.73 Å². The summed E-state index contributed by atoms with van der Waals surface area (Å²) in [6.45, 7) is 0. The second-order valence-corrected chi connectivity index (χ2v) is 5.87. The van der Waals surface area contributed by atoms with Gasteiger partial charge in [-0.05, 0) is 24.5 Å². The molecule has 1 atom stereocenters. The Balaban J connectivity index is 1.98. The fourth-order valence-corrected chi connectivity index (χ4v) is 3.37. The van der Waals surface area contributed by atoms with Crippen LogP contribution in [-0.4, -0.2) is 22.3 Å². The molecule has 0 saturated heterocycles. The van der Waals surface area contributed by atoms with E-state index in [4.69, 9.17) is 5.73 Å². The average Bonchev–Trinajstić information content (AvgIpc) is 2.66. The quantitative estimate of drug-likeness (QED) is 0.777. The third-order valence-electron chi connectivity index (χ3n) is 4.53. The van der Waals surface area contributed by atoms with E-state index in [0.717, 1.165) is 16.5 Å². The summed E-state index contributed by atoms with van der Waals surface area (Å²) in [4.78, 5) is 50.2. The summed E-state index contributed by atoms with van der Waals surface area (Å²) >= 11 is 0. The van der Waals surface area contributed by atoms with Crippen molar-refractivity contribution >= 4 is 23.4 Å². The Bertz CT molecular complexity index is 976. The van der Waals surface area contributed by atoms with Crippen LogP contribution in [0.3, 0.4) is 0 Å². The van der Waals surface area contributed by atoms with E-state index >= 15 is 0 Å². The third kappa shape index (κ3) is 1.84. The smallest absolute Gasteiger partial charge is 0.281 e. The van der Waals surface area contributed by atoms with E-state index in [1.807, 2.05) is 12.1 Å². The standard InChI is InChI=1S/C17H13N3O4/c18-15(22)10-8-19-12-6-5-9-3-1-2-4-11(9)20(16(12)23)17(24)13(19)7-14(10)21/h1-4,7-8,12H,5-6H2,(H2,18,22). The maximum Gasteiger partial charge on any atom is 0.281 e. The highest BCUT2D eigenvalue weighted by Crippen LogP contribution is 2.36. The maximum absolute atomic E-state index is 12.8. The van der Waals surface area contributed by atoms with Gasteiger partial charge in [0.05, 0.1) is 5.69 Å². The van der Waals surface area contributed by atoms with Crippen LogP contribution in [0.4, 0.5) is 5.69 Å². The molecule has 0 spiro atoms. The van der Waals surface area contributed by atoms with Gasteiger partial charge in [0.25, 0.3) is 17.7 Å². The number of benzene rings is 1. The minimum atomic E-state index is -0.880. The van der Waals surface area contributed by atoms with Crippen molar-refractivity contribution in [3.05, 3.63) is 63.6 Å². The van der Waals surface area contributed by atoms with E-state index in [1.165, 1.54) is 10.8 Å². The summed E-state index contributed by atoms with van der Waals surface area (Å²) in [5.41, 5.74) is 5.90. The monoisotopic (exact) mass is 323 g/mol. The van der Waals surface area contributed by atoms with E-state index in [2.05, 4.69) is 0 Å². The minimum Gasteiger partial charge on any atom is -0.365 e. The minimum absolute atomic E-state index is 0.0892. The summed E-state index contributed by atoms with van der Waals surface area (Å²) in [5.74, 6) is -1.82. The molecule has 0 aliphatic carbocycles. The molecular weight excluding hydrogens is 310 g/mol. The molecule has 1 aromatic heterocycles. The Kier molecular flexibility index (Phi) is 2.93. The topological polar surface area (TPSA) is 102 Å². The number of aromatic nitrogens is 1. The van der Waals surface area contributed by atoms with Gasteiger partial charge in [-0.3, -0.25) is 19.2 Å². The van der Waals surface area contributed by atoms with Gasteiger partial charge in [0, 0.05) is 12.3 Å². The number of hydrogen-bond acceptors (Lipinski definition) is 4. The first-order chi connectivity index (χ1) is 11.5. The van der Waals surface area contributed by atoms with Crippen LogP contribution in [-0.2, 0) is 11.2 Å². The van der Waals surface area contributed by atoms with Crippen molar-refractivity contribution in [1.29, 1.82) is 0 Å². The lowest BCUT2D eigenvalue weighted by atomic mass is 10.0. The number of pyridine rings is 1. The first-order valence-electron chi connectivity index (χ1n) is 7.51. The molecule has 24 heavy (non-hydrogen) atoms. The molecule has 3 heterocycles. The zero-order chi connectivity index (χ0) is 17.0. The molecule has 7 nitrogen and oxygen atoms in total. The van der Waals surface area contributed by atoms with Crippen molar-refractivity contribution in [2.75, 3.05) is 4.90 Å². The predicted octanol–water partition coefficient (Wildman–Crippen LogP) is 0.621. The van der Waals surface area contributed by atoms with Crippen molar-refractivity contribution in [1.82, 2.24) is 4.57 Å². The lowest BCUT2D eigenvalue weighted by Gasteiger charge is -2.32. The number of primary amides is 1. The Hall–Kier alpha value is -3.22. The number of carbonyl (C=O) groups excluding carboxylic acids is 3. The van der Waals surface area contributed by atoms with Gasteiger partial charge in [0.2, 0.25) is 0 Å². The number of rotatable bonds is 1. The number of carbonyl (C=O) groups is 3. The SMILES string of the molecule is NC(=O)c1cn2c(cc1=O)C(=O)N1C(=O)C2CCc2ccccc21. The molecule has 3 amide bonds. The Morgan fingerprint density at radius 1 is 1.17 bits per heavy atom. The lowest BCUT2D eigenvalue weighted by Crippen LogP contribution is -2.48. The van der Waals surface area contributed by atoms with Crippen LogP contribution in [0.2, 0.25) is 0 Å². The van der Waals surface area contributed by atoms with Gasteiger partial charge < -0.3 is 10.3 Å². The van der Waals surface area contributed by atoms with Crippen LogP contribution in [0.1, 0.15) is 38.9 Å². The van der Waals surface area contributed by atoms with E-state index in [1.54, 1.807) is 12.1 Å². The van der Waals surface area contributed by atoms with E-state index in [-0.39, 0.29) is 17.2 Å². The summed E-state index contributed by atoms with van der Waals surface area (Å²) in [6, 6.07) is 7.65. The molecule has 2 aromatic rings. The zero-order valence-corrected chi connectivity index (χ0v) is 12.6. The van der Waals surface area contributed by atoms with Gasteiger partial charge >= 0.3 is 0 Å². The van der Waals surface area contributed by atoms with E-state index < -0.39 is 23.3 Å². The fourth-order valence-electron chi connectivity index (χ4n) is 3.37. The number of nitrogens with two attached hydrogens (primary N) is 1. The maximum atomic E-state index is 12.8. The molecule has 2 aliphatic heterocycles. The number of hydrogen-bond donors (Lipinski definition) is 1. The second kappa shape index (κ2) is 4.89. The third-order valence-corrected chi connectivity index (χ3v) is 4.53. The molecule has 1 aromatic carbocycles. The molecule has 2 bridgehead atoms. The highest BCUT2D eigenvalue weighted by molar-refractivity contribution is 6.24. The van der Waals surface area contributed by atoms with Crippen molar-refractivity contribution in [2.45, 2.75) is 18.9 Å². The van der Waals surface area contributed by atoms with Crippen molar-refractivity contribution in [3.8, 4) is 0 Å². The van der Waals surface area contributed by atoms with E-state index in [9.17, 15) is 19.2 Å². The molecule has 0 fully saturated rings. The summed E-state index contributed by atoms with van der Waals surface area (Å²) < 4.78 is 1.41. The summed E-state index contributed by atoms with van der Waals surface area (Å²) in [7, 11) is 0. The number of nitrogens with zero attached hydrogens (tertiary/aromatic N) is 2. The van der Waals surface area contributed by atoms with Crippen molar-refractivity contribution in [3.63, 3.8) is 0 Å². The Morgan fingerprint density at radius 3 is 2.67 bits per heavy atom. The highest BCUT2D eigenvalue weighted by atomic mass is 16.2. The predicted molar refractivity (Wildman–Crippen MR) is 84.8 cm³/mol. The van der Waals surface area contributed by atoms with Crippen molar-refractivity contribution < 1.29 is 14.4 Å². The molecule has 2 N–H and O–H groups in total. The summed E-state index contributed by atoms with van der Waals surface area (Å²) in [5, 5.41) is 0. The largest absolute Gasteiger partial charge is 0.365 e. The number of para-hydroxylation sites is 1. The van der Waals surface area contributed by atoms with Gasteiger partial charge in [-0.2, -0.15) is 0 Å². The number of imide groups is 1. The fraction of sp³-hybridized carbons (Fsp3) is 0.176. The number of amides is 3. The number of fused-ring (bicyclic) bond motifs is 6. The molecule has 7 heteroatoms. The zero-order valence-electron chi connectivity index (χ0n) is 12.6. The van der Waals surface area contributed by atoms with Crippen LogP contribution in [0.5, 0.6) is 0 Å². The highest BCUT2D eigenvalue weighted by Gasteiger charge is 2.42. The Morgan fingerprint density at radius 2 is 1.92 bits per heavy atom. The van der Waals surface area contributed by atoms with Crippen LogP contribution in [0, 0.1) is 0 Å². The molecule has 4 rings (SSSR count). The molecule has 0 radical (unpaired) electrons. The van der Waals surface area contributed by atoms with Crippen LogP contribution < -0.4 is 16.1 Å². The van der Waals surface area contributed by atoms with Crippen LogP contribution in [0.25, 0.3) is 0 Å². The first kappa shape index (κ1) is 14.4. The van der Waals surface area contributed by atoms with Gasteiger partial charge in [-0.1, -0.05) is 18.2 Å². The molecule has 1 unspecified atom stereocenters. The van der Waals surface area contributed by atoms with Crippen LogP contribution in [0.15, 0.2) is 41.3 Å². The van der Waals surface area contributed by atoms with Crippen LogP contribution >= 0.6 is 0 Å².